The molecule has 0 spiro atoms. The van der Waals surface area contributed by atoms with Gasteiger partial charge in [-0.05, 0) is 105 Å². The molecule has 3 heteroatoms. The van der Waals surface area contributed by atoms with Gasteiger partial charge in [0.2, 0.25) is 0 Å². The minimum absolute atomic E-state index is 0.861. The molecule has 13 rings (SSSR count). The van der Waals surface area contributed by atoms with Crippen molar-refractivity contribution in [1.29, 1.82) is 0 Å². The van der Waals surface area contributed by atoms with Crippen molar-refractivity contribution in [2.24, 2.45) is 0 Å². The van der Waals surface area contributed by atoms with Gasteiger partial charge in [-0.15, -0.1) is 0 Å². The molecule has 0 N–H and O–H groups in total. The standard InChI is InChI=1S/C67H46N2O/c1-3-4-21-56-44(2)55-24-15-25-58(66(55)69-61-26-14-13-23-59(61)64(67(56)69)51-19-9-6-10-20-51)50-29-27-46(28-30-50)48-33-38-53(39-34-48)68(52-36-31-47(32-37-52)45-16-7-5-8-17-45)54-40-41-60-63(43-54)70-62-42-35-49-18-11-12-22-57(49)65(60)62/h3-43H,1H2,2H3/b21-4-. The maximum atomic E-state index is 6.59. The van der Waals surface area contributed by atoms with Gasteiger partial charge >= 0.3 is 0 Å². The summed E-state index contributed by atoms with van der Waals surface area (Å²) in [5.74, 6) is 0. The van der Waals surface area contributed by atoms with Crippen molar-refractivity contribution in [3.8, 4) is 44.5 Å². The molecule has 0 radical (unpaired) electrons. The van der Waals surface area contributed by atoms with E-state index in [9.17, 15) is 0 Å². The van der Waals surface area contributed by atoms with Crippen molar-refractivity contribution >= 4 is 83.2 Å². The van der Waals surface area contributed by atoms with E-state index in [1.807, 2.05) is 6.08 Å². The number of benzene rings is 10. The zero-order chi connectivity index (χ0) is 46.7. The van der Waals surface area contributed by atoms with E-state index >= 15 is 0 Å². The summed E-state index contributed by atoms with van der Waals surface area (Å²) in [6.07, 6.45) is 6.14. The van der Waals surface area contributed by atoms with Gasteiger partial charge in [0, 0.05) is 61.4 Å². The first-order valence-electron chi connectivity index (χ1n) is 23.9. The van der Waals surface area contributed by atoms with Crippen molar-refractivity contribution < 1.29 is 4.42 Å². The predicted octanol–water partition coefficient (Wildman–Crippen LogP) is 18.9. The molecule has 3 aromatic heterocycles. The number of para-hydroxylation sites is 2. The molecule has 70 heavy (non-hydrogen) atoms. The molecule has 0 fully saturated rings. The van der Waals surface area contributed by atoms with Crippen molar-refractivity contribution in [3.05, 3.63) is 260 Å². The van der Waals surface area contributed by atoms with Crippen LogP contribution in [0.2, 0.25) is 0 Å². The fourth-order valence-electron chi connectivity index (χ4n) is 10.8. The normalized spacial score (nSPS) is 11.8. The third kappa shape index (κ3) is 6.74. The molecule has 0 atom stereocenters. The Morgan fingerprint density at radius 1 is 0.443 bits per heavy atom. The van der Waals surface area contributed by atoms with Crippen molar-refractivity contribution in [3.63, 3.8) is 0 Å². The summed E-state index contributed by atoms with van der Waals surface area (Å²) in [5.41, 5.74) is 20.4. The first-order valence-corrected chi connectivity index (χ1v) is 23.9. The van der Waals surface area contributed by atoms with Crippen LogP contribution in [0.3, 0.4) is 0 Å². The maximum absolute atomic E-state index is 6.59. The van der Waals surface area contributed by atoms with Gasteiger partial charge in [0.25, 0.3) is 0 Å². The van der Waals surface area contributed by atoms with Crippen molar-refractivity contribution in [2.75, 3.05) is 4.90 Å². The highest BCUT2D eigenvalue weighted by Crippen LogP contribution is 2.45. The maximum Gasteiger partial charge on any atom is 0.137 e. The highest BCUT2D eigenvalue weighted by Gasteiger charge is 2.23. The number of rotatable bonds is 9. The first-order chi connectivity index (χ1) is 34.6. The number of nitrogens with zero attached hydrogens (tertiary/aromatic N) is 2. The van der Waals surface area contributed by atoms with E-state index in [4.69, 9.17) is 4.42 Å². The Balaban J connectivity index is 0.903. The highest BCUT2D eigenvalue weighted by molar-refractivity contribution is 6.19. The van der Waals surface area contributed by atoms with Crippen LogP contribution in [0.15, 0.2) is 254 Å². The Labute approximate surface area is 406 Å². The van der Waals surface area contributed by atoms with Gasteiger partial charge in [-0.25, -0.2) is 0 Å². The second-order valence-corrected chi connectivity index (χ2v) is 18.1. The van der Waals surface area contributed by atoms with E-state index in [1.165, 1.54) is 82.6 Å². The lowest BCUT2D eigenvalue weighted by atomic mass is 9.93. The van der Waals surface area contributed by atoms with E-state index in [-0.39, 0.29) is 0 Å². The second kappa shape index (κ2) is 16.9. The smallest absolute Gasteiger partial charge is 0.137 e. The van der Waals surface area contributed by atoms with Gasteiger partial charge in [0.05, 0.1) is 16.6 Å². The molecule has 0 aliphatic heterocycles. The zero-order valence-corrected chi connectivity index (χ0v) is 38.7. The fraction of sp³-hybridized carbons (Fsp3) is 0.0149. The quantitative estimate of drug-likeness (QED) is 0.135. The molecule has 0 aliphatic carbocycles. The lowest BCUT2D eigenvalue weighted by molar-refractivity contribution is 0.669. The monoisotopic (exact) mass is 894 g/mol. The van der Waals surface area contributed by atoms with E-state index in [1.54, 1.807) is 0 Å². The lowest BCUT2D eigenvalue weighted by Gasteiger charge is -2.26. The highest BCUT2D eigenvalue weighted by atomic mass is 16.3. The third-order valence-electron chi connectivity index (χ3n) is 14.1. The van der Waals surface area contributed by atoms with Crippen LogP contribution in [0.5, 0.6) is 0 Å². The Morgan fingerprint density at radius 3 is 1.71 bits per heavy atom. The molecular formula is C67H46N2O. The number of allylic oxidation sites excluding steroid dienone is 2. The molecule has 330 valence electrons. The predicted molar refractivity (Wildman–Crippen MR) is 298 cm³/mol. The molecular weight excluding hydrogens is 849 g/mol. The van der Waals surface area contributed by atoms with Gasteiger partial charge in [-0.1, -0.05) is 201 Å². The molecule has 0 unspecified atom stereocenters. The summed E-state index contributed by atoms with van der Waals surface area (Å²) >= 11 is 0. The summed E-state index contributed by atoms with van der Waals surface area (Å²) in [5, 5.41) is 7.12. The Hall–Kier alpha value is -9.18. The number of pyridine rings is 1. The van der Waals surface area contributed by atoms with E-state index in [2.05, 4.69) is 265 Å². The summed E-state index contributed by atoms with van der Waals surface area (Å²) in [6, 6.07) is 83.2. The van der Waals surface area contributed by atoms with Crippen molar-refractivity contribution in [1.82, 2.24) is 4.40 Å². The lowest BCUT2D eigenvalue weighted by Crippen LogP contribution is -2.09. The molecule has 3 nitrogen and oxygen atoms in total. The molecule has 0 amide bonds. The summed E-state index contributed by atoms with van der Waals surface area (Å²) in [6.45, 7) is 6.28. The number of furan rings is 1. The first kappa shape index (κ1) is 41.0. The van der Waals surface area contributed by atoms with Crippen LogP contribution in [0.1, 0.15) is 11.1 Å². The third-order valence-corrected chi connectivity index (χ3v) is 14.1. The van der Waals surface area contributed by atoms with Crippen LogP contribution in [-0.2, 0) is 0 Å². The van der Waals surface area contributed by atoms with Gasteiger partial charge in [0.15, 0.2) is 0 Å². The average Bonchev–Trinajstić information content (AvgIpc) is 3.98. The van der Waals surface area contributed by atoms with Crippen LogP contribution >= 0.6 is 0 Å². The van der Waals surface area contributed by atoms with Crippen LogP contribution < -0.4 is 4.90 Å². The minimum atomic E-state index is 0.861. The minimum Gasteiger partial charge on any atom is -0.456 e. The van der Waals surface area contributed by atoms with Gasteiger partial charge in [0.1, 0.15) is 11.2 Å². The molecule has 0 saturated carbocycles. The number of hydrogen-bond acceptors (Lipinski definition) is 2. The zero-order valence-electron chi connectivity index (χ0n) is 38.7. The number of hydrogen-bond donors (Lipinski definition) is 0. The summed E-state index contributed by atoms with van der Waals surface area (Å²) in [7, 11) is 0. The van der Waals surface area contributed by atoms with Gasteiger partial charge in [-0.2, -0.15) is 0 Å². The van der Waals surface area contributed by atoms with Crippen LogP contribution in [0.25, 0.3) is 111 Å². The number of aryl methyl sites for hydroxylation is 1. The SMILES string of the molecule is C=C/C=C\c1c(C)c2cccc(-c3ccc(-c4ccc(N(c5ccc(-c6ccccc6)cc5)c5ccc6c(c5)oc5ccc7ccccc7c56)cc4)cc3)c2n2c1c(-c1ccccc1)c1ccccc12. The topological polar surface area (TPSA) is 20.8 Å². The Morgan fingerprint density at radius 2 is 1.01 bits per heavy atom. The summed E-state index contributed by atoms with van der Waals surface area (Å²) < 4.78 is 9.09. The number of anilines is 3. The van der Waals surface area contributed by atoms with Crippen LogP contribution in [-0.4, -0.2) is 4.40 Å². The Bertz CT molecular complexity index is 4160. The molecule has 0 saturated heterocycles. The largest absolute Gasteiger partial charge is 0.456 e. The second-order valence-electron chi connectivity index (χ2n) is 18.1. The summed E-state index contributed by atoms with van der Waals surface area (Å²) in [4.78, 5) is 2.32. The number of fused-ring (bicyclic) bond motifs is 10. The molecule has 13 aromatic rings. The molecule has 10 aromatic carbocycles. The molecule has 0 aliphatic rings. The van der Waals surface area contributed by atoms with Crippen molar-refractivity contribution in [2.45, 2.75) is 6.92 Å². The van der Waals surface area contributed by atoms with E-state index < -0.39 is 0 Å². The fourth-order valence-corrected chi connectivity index (χ4v) is 10.8. The Kier molecular flexibility index (Phi) is 9.88. The van der Waals surface area contributed by atoms with E-state index in [0.717, 1.165) is 50.1 Å². The van der Waals surface area contributed by atoms with E-state index in [0.29, 0.717) is 0 Å². The van der Waals surface area contributed by atoms with Gasteiger partial charge in [-0.3, -0.25) is 0 Å². The van der Waals surface area contributed by atoms with Gasteiger partial charge < -0.3 is 13.7 Å². The molecule has 3 heterocycles. The van der Waals surface area contributed by atoms with Crippen LogP contribution in [0.4, 0.5) is 17.1 Å². The van der Waals surface area contributed by atoms with Crippen LogP contribution in [0, 0.1) is 6.92 Å². The molecule has 0 bridgehead atoms. The number of aromatic nitrogens is 1. The average molecular weight is 895 g/mol.